The molecular weight excluding hydrogens is 192 g/mol. The van der Waals surface area contributed by atoms with Gasteiger partial charge in [-0.3, -0.25) is 4.79 Å². The number of amides is 1. The molecule has 0 spiro atoms. The van der Waals surface area contributed by atoms with Crippen molar-refractivity contribution in [3.63, 3.8) is 0 Å². The number of hydrogen-bond donors (Lipinski definition) is 1. The Morgan fingerprint density at radius 3 is 2.93 bits per heavy atom. The van der Waals surface area contributed by atoms with E-state index in [4.69, 9.17) is 5.73 Å². The zero-order chi connectivity index (χ0) is 10.7. The van der Waals surface area contributed by atoms with Crippen molar-refractivity contribution in [2.45, 2.75) is 12.8 Å². The fourth-order valence-electron chi connectivity index (χ4n) is 1.41. The first-order chi connectivity index (χ1) is 7.31. The Labute approximate surface area is 87.6 Å². The molecule has 2 heterocycles. The molecule has 1 aromatic heterocycles. The molecule has 0 radical (unpaired) electrons. The quantitative estimate of drug-likeness (QED) is 0.763. The fourth-order valence-corrected chi connectivity index (χ4v) is 1.41. The van der Waals surface area contributed by atoms with Gasteiger partial charge in [0.05, 0.1) is 5.71 Å². The molecule has 1 amide bonds. The molecule has 0 aliphatic carbocycles. The number of rotatable bonds is 2. The van der Waals surface area contributed by atoms with Crippen LogP contribution in [0.4, 0.5) is 5.82 Å². The van der Waals surface area contributed by atoms with E-state index in [1.165, 1.54) is 5.01 Å². The van der Waals surface area contributed by atoms with Crippen molar-refractivity contribution in [3.8, 4) is 0 Å². The maximum Gasteiger partial charge on any atom is 0.249 e. The standard InChI is InChI=1S/C10H12N4O/c11-7-8-4-5-10(15)14(13-8)9-3-1-2-6-12-9/h1-3,6H,4-5,7,11H2. The topological polar surface area (TPSA) is 71.6 Å². The zero-order valence-electron chi connectivity index (χ0n) is 8.26. The van der Waals surface area contributed by atoms with Crippen molar-refractivity contribution in [2.24, 2.45) is 10.8 Å². The van der Waals surface area contributed by atoms with Gasteiger partial charge >= 0.3 is 0 Å². The molecule has 1 aliphatic heterocycles. The third-order valence-corrected chi connectivity index (χ3v) is 2.21. The van der Waals surface area contributed by atoms with Gasteiger partial charge in [-0.1, -0.05) is 6.07 Å². The summed E-state index contributed by atoms with van der Waals surface area (Å²) in [5.74, 6) is 0.513. The highest BCUT2D eigenvalue weighted by Crippen LogP contribution is 2.16. The van der Waals surface area contributed by atoms with E-state index in [2.05, 4.69) is 10.1 Å². The van der Waals surface area contributed by atoms with Crippen LogP contribution in [0.1, 0.15) is 12.8 Å². The predicted octanol–water partition coefficient (Wildman–Crippen LogP) is 0.523. The smallest absolute Gasteiger partial charge is 0.249 e. The van der Waals surface area contributed by atoms with Crippen LogP contribution in [0.5, 0.6) is 0 Å². The summed E-state index contributed by atoms with van der Waals surface area (Å²) < 4.78 is 0. The van der Waals surface area contributed by atoms with E-state index in [0.717, 1.165) is 5.71 Å². The second-order valence-corrected chi connectivity index (χ2v) is 3.26. The van der Waals surface area contributed by atoms with Gasteiger partial charge < -0.3 is 5.73 Å². The number of anilines is 1. The fraction of sp³-hybridized carbons (Fsp3) is 0.300. The van der Waals surface area contributed by atoms with Crippen LogP contribution in [0.25, 0.3) is 0 Å². The highest BCUT2D eigenvalue weighted by Gasteiger charge is 2.21. The van der Waals surface area contributed by atoms with E-state index in [9.17, 15) is 4.79 Å². The van der Waals surface area contributed by atoms with Crippen molar-refractivity contribution >= 4 is 17.4 Å². The molecule has 0 atom stereocenters. The lowest BCUT2D eigenvalue weighted by atomic mass is 10.2. The second-order valence-electron chi connectivity index (χ2n) is 3.26. The van der Waals surface area contributed by atoms with Gasteiger partial charge in [-0.2, -0.15) is 10.1 Å². The van der Waals surface area contributed by atoms with E-state index in [1.807, 2.05) is 6.07 Å². The van der Waals surface area contributed by atoms with Gasteiger partial charge in [-0.15, -0.1) is 0 Å². The van der Waals surface area contributed by atoms with Gasteiger partial charge in [0.25, 0.3) is 0 Å². The largest absolute Gasteiger partial charge is 0.325 e. The normalized spacial score (nSPS) is 16.5. The molecule has 2 N–H and O–H groups in total. The average molecular weight is 204 g/mol. The summed E-state index contributed by atoms with van der Waals surface area (Å²) in [7, 11) is 0. The number of nitrogens with two attached hydrogens (primary N) is 1. The molecule has 15 heavy (non-hydrogen) atoms. The Morgan fingerprint density at radius 1 is 1.40 bits per heavy atom. The van der Waals surface area contributed by atoms with Crippen LogP contribution in [0.3, 0.4) is 0 Å². The van der Waals surface area contributed by atoms with Crippen LogP contribution in [-0.4, -0.2) is 23.1 Å². The molecule has 2 rings (SSSR count). The van der Waals surface area contributed by atoms with Gasteiger partial charge in [0.2, 0.25) is 5.91 Å². The summed E-state index contributed by atoms with van der Waals surface area (Å²) in [5, 5.41) is 5.49. The minimum Gasteiger partial charge on any atom is -0.325 e. The van der Waals surface area contributed by atoms with Crippen LogP contribution in [0.2, 0.25) is 0 Å². The van der Waals surface area contributed by atoms with Gasteiger partial charge in [0, 0.05) is 19.2 Å². The third kappa shape index (κ3) is 2.02. The van der Waals surface area contributed by atoms with Gasteiger partial charge in [-0.05, 0) is 18.6 Å². The Balaban J connectivity index is 2.31. The van der Waals surface area contributed by atoms with Crippen molar-refractivity contribution in [3.05, 3.63) is 24.4 Å². The van der Waals surface area contributed by atoms with Crippen LogP contribution >= 0.6 is 0 Å². The number of hydrazone groups is 1. The van der Waals surface area contributed by atoms with Crippen molar-refractivity contribution in [1.82, 2.24) is 4.98 Å². The number of carbonyl (C=O) groups is 1. The first-order valence-electron chi connectivity index (χ1n) is 4.81. The SMILES string of the molecule is NCC1=NN(c2ccccn2)C(=O)CC1. The van der Waals surface area contributed by atoms with Gasteiger partial charge in [0.1, 0.15) is 0 Å². The van der Waals surface area contributed by atoms with Gasteiger partial charge in [-0.25, -0.2) is 4.98 Å². The van der Waals surface area contributed by atoms with Crippen LogP contribution in [0, 0.1) is 0 Å². The Morgan fingerprint density at radius 2 is 2.27 bits per heavy atom. The van der Waals surface area contributed by atoms with Crippen molar-refractivity contribution in [1.29, 1.82) is 0 Å². The summed E-state index contributed by atoms with van der Waals surface area (Å²) >= 11 is 0. The average Bonchev–Trinajstić information content (AvgIpc) is 2.31. The lowest BCUT2D eigenvalue weighted by molar-refractivity contribution is -0.118. The molecule has 5 heteroatoms. The van der Waals surface area contributed by atoms with E-state index in [0.29, 0.717) is 25.2 Å². The molecule has 5 nitrogen and oxygen atoms in total. The number of nitrogens with zero attached hydrogens (tertiary/aromatic N) is 3. The summed E-state index contributed by atoms with van der Waals surface area (Å²) in [6.07, 6.45) is 2.74. The Hall–Kier alpha value is -1.75. The summed E-state index contributed by atoms with van der Waals surface area (Å²) in [6, 6.07) is 5.37. The highest BCUT2D eigenvalue weighted by atomic mass is 16.2. The molecule has 0 saturated carbocycles. The maximum absolute atomic E-state index is 11.6. The minimum atomic E-state index is -0.0362. The molecule has 0 unspecified atom stereocenters. The monoisotopic (exact) mass is 204 g/mol. The van der Waals surface area contributed by atoms with E-state index < -0.39 is 0 Å². The molecule has 1 aromatic rings. The number of pyridine rings is 1. The zero-order valence-corrected chi connectivity index (χ0v) is 8.26. The number of carbonyl (C=O) groups excluding carboxylic acids is 1. The second kappa shape index (κ2) is 4.18. The Kier molecular flexibility index (Phi) is 2.73. The lowest BCUT2D eigenvalue weighted by Crippen LogP contribution is -2.34. The number of hydrogen-bond acceptors (Lipinski definition) is 4. The third-order valence-electron chi connectivity index (χ3n) is 2.21. The first kappa shape index (κ1) is 9.79. The van der Waals surface area contributed by atoms with Crippen LogP contribution < -0.4 is 10.7 Å². The van der Waals surface area contributed by atoms with E-state index in [-0.39, 0.29) is 5.91 Å². The van der Waals surface area contributed by atoms with E-state index >= 15 is 0 Å². The number of aromatic nitrogens is 1. The minimum absolute atomic E-state index is 0.0362. The van der Waals surface area contributed by atoms with Crippen LogP contribution in [-0.2, 0) is 4.79 Å². The van der Waals surface area contributed by atoms with Crippen LogP contribution in [0.15, 0.2) is 29.5 Å². The Bertz CT molecular complexity index is 388. The molecule has 0 bridgehead atoms. The van der Waals surface area contributed by atoms with E-state index in [1.54, 1.807) is 18.3 Å². The molecule has 0 fully saturated rings. The summed E-state index contributed by atoms with van der Waals surface area (Å²) in [4.78, 5) is 15.7. The van der Waals surface area contributed by atoms with Gasteiger partial charge in [0.15, 0.2) is 5.82 Å². The van der Waals surface area contributed by atoms with Crippen molar-refractivity contribution < 1.29 is 4.79 Å². The predicted molar refractivity (Wildman–Crippen MR) is 57.4 cm³/mol. The lowest BCUT2D eigenvalue weighted by Gasteiger charge is -2.21. The maximum atomic E-state index is 11.6. The van der Waals surface area contributed by atoms with Crippen molar-refractivity contribution in [2.75, 3.05) is 11.6 Å². The molecule has 0 saturated heterocycles. The molecule has 78 valence electrons. The molecule has 1 aliphatic rings. The first-order valence-corrected chi connectivity index (χ1v) is 4.81. The summed E-state index contributed by atoms with van der Waals surface area (Å²) in [6.45, 7) is 0.386. The molecular formula is C10H12N4O. The summed E-state index contributed by atoms with van der Waals surface area (Å²) in [5.41, 5.74) is 6.33. The highest BCUT2D eigenvalue weighted by molar-refractivity contribution is 6.01. The molecule has 0 aromatic carbocycles.